The molecule has 134 valence electrons. The molecule has 1 aromatic heterocycles. The summed E-state index contributed by atoms with van der Waals surface area (Å²) in [5.74, 6) is 0.0610. The van der Waals surface area contributed by atoms with E-state index in [-0.39, 0.29) is 12.0 Å². The van der Waals surface area contributed by atoms with Gasteiger partial charge in [-0.2, -0.15) is 0 Å². The van der Waals surface area contributed by atoms with E-state index in [1.54, 1.807) is 0 Å². The molecule has 1 atom stereocenters. The molecule has 2 aliphatic rings. The van der Waals surface area contributed by atoms with Gasteiger partial charge in [0, 0.05) is 39.3 Å². The number of aryl methyl sites for hydroxylation is 1. The van der Waals surface area contributed by atoms with E-state index < -0.39 is 0 Å². The monoisotopic (exact) mass is 354 g/mol. The van der Waals surface area contributed by atoms with Gasteiger partial charge in [0.1, 0.15) is 4.88 Å². The molecular weight excluding hydrogens is 328 g/mol. The number of carbonyl (C=O) groups is 1. The minimum atomic E-state index is 0.0602. The highest BCUT2D eigenvalue weighted by Crippen LogP contribution is 2.18. The molecule has 2 saturated heterocycles. The SMILES string of the molecule is CCCc1nnsc1C(=O)N1CCCOC(CN2CCOCC2)C1. The van der Waals surface area contributed by atoms with E-state index in [9.17, 15) is 4.79 Å². The van der Waals surface area contributed by atoms with E-state index in [0.29, 0.717) is 18.0 Å². The highest BCUT2D eigenvalue weighted by molar-refractivity contribution is 7.08. The fourth-order valence-electron chi connectivity index (χ4n) is 3.18. The molecular formula is C16H26N4O3S. The number of hydrogen-bond acceptors (Lipinski definition) is 7. The predicted molar refractivity (Wildman–Crippen MR) is 91.4 cm³/mol. The summed E-state index contributed by atoms with van der Waals surface area (Å²) in [4.78, 5) is 17.9. The minimum Gasteiger partial charge on any atom is -0.379 e. The van der Waals surface area contributed by atoms with E-state index in [0.717, 1.165) is 64.3 Å². The van der Waals surface area contributed by atoms with Gasteiger partial charge in [-0.3, -0.25) is 9.69 Å². The molecule has 0 N–H and O–H groups in total. The third kappa shape index (κ3) is 4.50. The maximum atomic E-state index is 12.9. The summed E-state index contributed by atoms with van der Waals surface area (Å²) >= 11 is 1.21. The van der Waals surface area contributed by atoms with Crippen molar-refractivity contribution in [3.8, 4) is 0 Å². The van der Waals surface area contributed by atoms with Crippen LogP contribution in [0.5, 0.6) is 0 Å². The molecule has 1 aromatic rings. The van der Waals surface area contributed by atoms with Crippen molar-refractivity contribution in [3.05, 3.63) is 10.6 Å². The third-order valence-electron chi connectivity index (χ3n) is 4.44. The Bertz CT molecular complexity index is 533. The lowest BCUT2D eigenvalue weighted by atomic mass is 10.2. The second kappa shape index (κ2) is 8.84. The average molecular weight is 354 g/mol. The lowest BCUT2D eigenvalue weighted by Gasteiger charge is -2.31. The molecule has 1 unspecified atom stereocenters. The Morgan fingerprint density at radius 1 is 1.29 bits per heavy atom. The Balaban J connectivity index is 1.63. The number of hydrogen-bond donors (Lipinski definition) is 0. The maximum Gasteiger partial charge on any atom is 0.267 e. The average Bonchev–Trinajstić information content (AvgIpc) is 2.93. The van der Waals surface area contributed by atoms with Crippen LogP contribution in [0.15, 0.2) is 0 Å². The lowest BCUT2D eigenvalue weighted by Crippen LogP contribution is -2.45. The Morgan fingerprint density at radius 2 is 2.12 bits per heavy atom. The molecule has 2 fully saturated rings. The summed E-state index contributed by atoms with van der Waals surface area (Å²) in [5, 5.41) is 4.13. The second-order valence-corrected chi connectivity index (χ2v) is 7.06. The molecule has 8 heteroatoms. The number of nitrogens with zero attached hydrogens (tertiary/aromatic N) is 4. The van der Waals surface area contributed by atoms with Crippen LogP contribution in [0.25, 0.3) is 0 Å². The van der Waals surface area contributed by atoms with Crippen LogP contribution in [0.3, 0.4) is 0 Å². The molecule has 0 radical (unpaired) electrons. The minimum absolute atomic E-state index is 0.0602. The quantitative estimate of drug-likeness (QED) is 0.787. The number of amides is 1. The fraction of sp³-hybridized carbons (Fsp3) is 0.812. The van der Waals surface area contributed by atoms with E-state index in [1.165, 1.54) is 11.5 Å². The van der Waals surface area contributed by atoms with E-state index in [2.05, 4.69) is 21.4 Å². The Kier molecular flexibility index (Phi) is 6.53. The van der Waals surface area contributed by atoms with Gasteiger partial charge in [0.05, 0.1) is 25.0 Å². The molecule has 2 aliphatic heterocycles. The van der Waals surface area contributed by atoms with Crippen molar-refractivity contribution < 1.29 is 14.3 Å². The molecule has 0 spiro atoms. The lowest BCUT2D eigenvalue weighted by molar-refractivity contribution is -0.0112. The predicted octanol–water partition coefficient (Wildman–Crippen LogP) is 1.05. The molecule has 24 heavy (non-hydrogen) atoms. The van der Waals surface area contributed by atoms with Crippen molar-refractivity contribution in [2.24, 2.45) is 0 Å². The zero-order valence-corrected chi connectivity index (χ0v) is 15.1. The van der Waals surface area contributed by atoms with Crippen LogP contribution in [0, 0.1) is 0 Å². The van der Waals surface area contributed by atoms with Crippen LogP contribution in [-0.4, -0.2) is 83.9 Å². The smallest absolute Gasteiger partial charge is 0.267 e. The summed E-state index contributed by atoms with van der Waals surface area (Å²) < 4.78 is 15.4. The highest BCUT2D eigenvalue weighted by atomic mass is 32.1. The van der Waals surface area contributed by atoms with Crippen LogP contribution in [0.1, 0.15) is 35.1 Å². The topological polar surface area (TPSA) is 67.8 Å². The second-order valence-electron chi connectivity index (χ2n) is 6.31. The number of rotatable bonds is 5. The van der Waals surface area contributed by atoms with Gasteiger partial charge in [0.2, 0.25) is 0 Å². The number of carbonyl (C=O) groups excluding carboxylic acids is 1. The van der Waals surface area contributed by atoms with Gasteiger partial charge in [0.15, 0.2) is 0 Å². The summed E-state index contributed by atoms with van der Waals surface area (Å²) in [5.41, 5.74) is 0.836. The maximum absolute atomic E-state index is 12.9. The van der Waals surface area contributed by atoms with Gasteiger partial charge in [-0.05, 0) is 24.4 Å². The first-order valence-corrected chi connectivity index (χ1v) is 9.57. The van der Waals surface area contributed by atoms with Gasteiger partial charge in [-0.15, -0.1) is 5.10 Å². The zero-order valence-electron chi connectivity index (χ0n) is 14.3. The van der Waals surface area contributed by atoms with Crippen molar-refractivity contribution >= 4 is 17.4 Å². The standard InChI is InChI=1S/C16H26N4O3S/c1-2-4-14-15(24-18-17-14)16(21)20-5-3-8-23-13(12-20)11-19-6-9-22-10-7-19/h13H,2-12H2,1H3. The summed E-state index contributed by atoms with van der Waals surface area (Å²) in [6.45, 7) is 8.47. The van der Waals surface area contributed by atoms with Crippen LogP contribution < -0.4 is 0 Å². The van der Waals surface area contributed by atoms with Crippen molar-refractivity contribution in [2.75, 3.05) is 52.5 Å². The largest absolute Gasteiger partial charge is 0.379 e. The Hall–Kier alpha value is -1.09. The molecule has 0 aliphatic carbocycles. The Morgan fingerprint density at radius 3 is 2.92 bits per heavy atom. The van der Waals surface area contributed by atoms with Crippen LogP contribution in [-0.2, 0) is 15.9 Å². The molecule has 3 rings (SSSR count). The molecule has 7 nitrogen and oxygen atoms in total. The first-order chi connectivity index (χ1) is 11.8. The summed E-state index contributed by atoms with van der Waals surface area (Å²) in [6.07, 6.45) is 2.71. The molecule has 3 heterocycles. The number of ether oxygens (including phenoxy) is 2. The first kappa shape index (κ1) is 17.7. The van der Waals surface area contributed by atoms with E-state index in [4.69, 9.17) is 9.47 Å². The van der Waals surface area contributed by atoms with Crippen LogP contribution in [0.2, 0.25) is 0 Å². The molecule has 0 aromatic carbocycles. The summed E-state index contributed by atoms with van der Waals surface area (Å²) in [7, 11) is 0. The zero-order chi connectivity index (χ0) is 16.8. The van der Waals surface area contributed by atoms with Crippen LogP contribution >= 0.6 is 11.5 Å². The fourth-order valence-corrected chi connectivity index (χ4v) is 3.85. The molecule has 0 saturated carbocycles. The normalized spacial score (nSPS) is 23.2. The van der Waals surface area contributed by atoms with E-state index >= 15 is 0 Å². The van der Waals surface area contributed by atoms with Gasteiger partial charge in [-0.25, -0.2) is 0 Å². The van der Waals surface area contributed by atoms with Crippen molar-refractivity contribution in [2.45, 2.75) is 32.3 Å². The van der Waals surface area contributed by atoms with Gasteiger partial charge in [-0.1, -0.05) is 17.8 Å². The van der Waals surface area contributed by atoms with Crippen LogP contribution in [0.4, 0.5) is 0 Å². The highest BCUT2D eigenvalue weighted by Gasteiger charge is 2.28. The van der Waals surface area contributed by atoms with Gasteiger partial charge >= 0.3 is 0 Å². The van der Waals surface area contributed by atoms with Crippen molar-refractivity contribution in [1.29, 1.82) is 0 Å². The van der Waals surface area contributed by atoms with Gasteiger partial charge < -0.3 is 14.4 Å². The first-order valence-electron chi connectivity index (χ1n) is 8.80. The van der Waals surface area contributed by atoms with Gasteiger partial charge in [0.25, 0.3) is 5.91 Å². The molecule has 0 bridgehead atoms. The Labute approximate surface area is 147 Å². The summed E-state index contributed by atoms with van der Waals surface area (Å²) in [6, 6.07) is 0. The van der Waals surface area contributed by atoms with Crippen molar-refractivity contribution in [1.82, 2.24) is 19.4 Å². The molecule has 1 amide bonds. The van der Waals surface area contributed by atoms with E-state index in [1.807, 2.05) is 4.90 Å². The third-order valence-corrected chi connectivity index (χ3v) is 5.20. The number of morpholine rings is 1. The number of aromatic nitrogens is 2. The van der Waals surface area contributed by atoms with Crippen molar-refractivity contribution in [3.63, 3.8) is 0 Å².